The SMILES string of the molecule is O=C(O)[C@H]1CCCN1C(=O)[C@@H]1CN(Cc2ccccc2)C[C@H]1C(F)(F)F. The lowest BCUT2D eigenvalue weighted by molar-refractivity contribution is -0.186. The van der Waals surface area contributed by atoms with Crippen LogP contribution in [0.4, 0.5) is 13.2 Å². The predicted octanol–water partition coefficient (Wildman–Crippen LogP) is 2.37. The minimum atomic E-state index is -4.50. The molecule has 5 nitrogen and oxygen atoms in total. The fourth-order valence-electron chi connectivity index (χ4n) is 3.94. The first-order valence-corrected chi connectivity index (χ1v) is 8.63. The van der Waals surface area contributed by atoms with E-state index in [9.17, 15) is 27.9 Å². The van der Waals surface area contributed by atoms with Crippen LogP contribution in [0.1, 0.15) is 18.4 Å². The van der Waals surface area contributed by atoms with Crippen LogP contribution in [0.3, 0.4) is 0 Å². The zero-order valence-corrected chi connectivity index (χ0v) is 14.2. The summed E-state index contributed by atoms with van der Waals surface area (Å²) in [4.78, 5) is 26.8. The number of likely N-dealkylation sites (tertiary alicyclic amines) is 2. The van der Waals surface area contributed by atoms with Crippen LogP contribution in [0.5, 0.6) is 0 Å². The molecular formula is C18H21F3N2O3. The van der Waals surface area contributed by atoms with Crippen molar-refractivity contribution in [1.29, 1.82) is 0 Å². The molecule has 1 N–H and O–H groups in total. The molecule has 8 heteroatoms. The van der Waals surface area contributed by atoms with E-state index in [1.165, 1.54) is 0 Å². The Morgan fingerprint density at radius 1 is 1.15 bits per heavy atom. The highest BCUT2D eigenvalue weighted by Gasteiger charge is 2.54. The summed E-state index contributed by atoms with van der Waals surface area (Å²) in [6, 6.07) is 8.11. The molecule has 1 aromatic carbocycles. The van der Waals surface area contributed by atoms with Gasteiger partial charge in [0.05, 0.1) is 11.8 Å². The van der Waals surface area contributed by atoms with Gasteiger partial charge in [0.1, 0.15) is 6.04 Å². The monoisotopic (exact) mass is 370 g/mol. The molecule has 2 fully saturated rings. The van der Waals surface area contributed by atoms with Gasteiger partial charge in [0, 0.05) is 26.2 Å². The van der Waals surface area contributed by atoms with Crippen molar-refractivity contribution in [3.63, 3.8) is 0 Å². The summed E-state index contributed by atoms with van der Waals surface area (Å²) >= 11 is 0. The Kier molecular flexibility index (Phi) is 5.22. The lowest BCUT2D eigenvalue weighted by atomic mass is 9.93. The van der Waals surface area contributed by atoms with Crippen LogP contribution in [0, 0.1) is 11.8 Å². The zero-order chi connectivity index (χ0) is 18.9. The van der Waals surface area contributed by atoms with Gasteiger partial charge in [-0.05, 0) is 18.4 Å². The second kappa shape index (κ2) is 7.26. The number of aliphatic carboxylic acids is 1. The number of carboxylic acid groups (broad SMARTS) is 1. The third-order valence-corrected chi connectivity index (χ3v) is 5.20. The van der Waals surface area contributed by atoms with Crippen molar-refractivity contribution < 1.29 is 27.9 Å². The maximum Gasteiger partial charge on any atom is 0.393 e. The van der Waals surface area contributed by atoms with Gasteiger partial charge in [-0.1, -0.05) is 30.3 Å². The largest absolute Gasteiger partial charge is 0.480 e. The molecule has 1 aromatic rings. The van der Waals surface area contributed by atoms with E-state index in [1.54, 1.807) is 4.90 Å². The molecule has 2 saturated heterocycles. The number of rotatable bonds is 4. The molecule has 2 heterocycles. The van der Waals surface area contributed by atoms with Gasteiger partial charge >= 0.3 is 12.1 Å². The van der Waals surface area contributed by atoms with Gasteiger partial charge in [0.25, 0.3) is 0 Å². The molecule has 3 rings (SSSR count). The van der Waals surface area contributed by atoms with Crippen LogP contribution in [-0.2, 0) is 16.1 Å². The first-order valence-electron chi connectivity index (χ1n) is 8.63. The number of carboxylic acids is 1. The summed E-state index contributed by atoms with van der Waals surface area (Å²) in [5, 5.41) is 9.22. The van der Waals surface area contributed by atoms with Crippen molar-refractivity contribution in [2.45, 2.75) is 31.6 Å². The predicted molar refractivity (Wildman–Crippen MR) is 87.1 cm³/mol. The van der Waals surface area contributed by atoms with Crippen LogP contribution >= 0.6 is 0 Å². The van der Waals surface area contributed by atoms with E-state index in [-0.39, 0.29) is 26.1 Å². The number of carbonyl (C=O) groups is 2. The highest BCUT2D eigenvalue weighted by atomic mass is 19.4. The topological polar surface area (TPSA) is 60.9 Å². The number of amides is 1. The van der Waals surface area contributed by atoms with Gasteiger partial charge in [-0.25, -0.2) is 4.79 Å². The molecule has 1 amide bonds. The average Bonchev–Trinajstić information content (AvgIpc) is 3.21. The molecule has 2 aliphatic rings. The molecule has 0 bridgehead atoms. The minimum absolute atomic E-state index is 0.0132. The maximum atomic E-state index is 13.5. The van der Waals surface area contributed by atoms with Crippen molar-refractivity contribution in [2.75, 3.05) is 19.6 Å². The fraction of sp³-hybridized carbons (Fsp3) is 0.556. The Hall–Kier alpha value is -2.09. The van der Waals surface area contributed by atoms with Gasteiger partial charge in [-0.3, -0.25) is 9.69 Å². The van der Waals surface area contributed by atoms with E-state index in [4.69, 9.17) is 0 Å². The molecule has 0 aliphatic carbocycles. The number of hydrogen-bond donors (Lipinski definition) is 1. The Balaban J connectivity index is 1.77. The van der Waals surface area contributed by atoms with E-state index >= 15 is 0 Å². The molecule has 3 atom stereocenters. The summed E-state index contributed by atoms with van der Waals surface area (Å²) < 4.78 is 40.5. The normalized spacial score (nSPS) is 27.0. The molecule has 0 radical (unpaired) electrons. The summed E-state index contributed by atoms with van der Waals surface area (Å²) in [5.41, 5.74) is 0.881. The van der Waals surface area contributed by atoms with Gasteiger partial charge in [0.15, 0.2) is 0 Å². The van der Waals surface area contributed by atoms with Crippen LogP contribution in [0.15, 0.2) is 30.3 Å². The molecule has 2 aliphatic heterocycles. The number of alkyl halides is 3. The highest BCUT2D eigenvalue weighted by molar-refractivity contribution is 5.86. The number of benzene rings is 1. The van der Waals surface area contributed by atoms with Crippen molar-refractivity contribution in [3.8, 4) is 0 Å². The maximum absolute atomic E-state index is 13.5. The Morgan fingerprint density at radius 2 is 1.85 bits per heavy atom. The first kappa shape index (κ1) is 18.7. The third-order valence-electron chi connectivity index (χ3n) is 5.20. The standard InChI is InChI=1S/C18H21F3N2O3/c19-18(20,21)14-11-22(9-12-5-2-1-3-6-12)10-13(14)16(24)23-8-4-7-15(23)17(25)26/h1-3,5-6,13-15H,4,7-11H2,(H,25,26)/t13-,14-,15-/m1/s1. The van der Waals surface area contributed by atoms with E-state index in [0.717, 1.165) is 10.5 Å². The average molecular weight is 370 g/mol. The number of halogens is 3. The lowest BCUT2D eigenvalue weighted by Gasteiger charge is -2.28. The first-order chi connectivity index (χ1) is 12.3. The van der Waals surface area contributed by atoms with Gasteiger partial charge in [-0.2, -0.15) is 13.2 Å². The van der Waals surface area contributed by atoms with Crippen molar-refractivity contribution in [1.82, 2.24) is 9.80 Å². The number of hydrogen-bond acceptors (Lipinski definition) is 3. The van der Waals surface area contributed by atoms with E-state index in [0.29, 0.717) is 13.0 Å². The quantitative estimate of drug-likeness (QED) is 0.884. The Morgan fingerprint density at radius 3 is 2.46 bits per heavy atom. The van der Waals surface area contributed by atoms with Crippen LogP contribution < -0.4 is 0 Å². The molecule has 26 heavy (non-hydrogen) atoms. The molecular weight excluding hydrogens is 349 g/mol. The number of carbonyl (C=O) groups excluding carboxylic acids is 1. The van der Waals surface area contributed by atoms with E-state index < -0.39 is 35.9 Å². The van der Waals surface area contributed by atoms with E-state index in [2.05, 4.69) is 0 Å². The van der Waals surface area contributed by atoms with Gasteiger partial charge in [0.2, 0.25) is 5.91 Å². The Labute approximate surface area is 149 Å². The van der Waals surface area contributed by atoms with Gasteiger partial charge in [-0.15, -0.1) is 0 Å². The Bertz CT molecular complexity index is 665. The smallest absolute Gasteiger partial charge is 0.393 e. The van der Waals surface area contributed by atoms with Crippen LogP contribution in [0.2, 0.25) is 0 Å². The third kappa shape index (κ3) is 3.85. The van der Waals surface area contributed by atoms with Gasteiger partial charge < -0.3 is 10.0 Å². The highest BCUT2D eigenvalue weighted by Crippen LogP contribution is 2.39. The summed E-state index contributed by atoms with van der Waals surface area (Å²) in [6.45, 7) is 0.274. The zero-order valence-electron chi connectivity index (χ0n) is 14.2. The number of nitrogens with zero attached hydrogens (tertiary/aromatic N) is 2. The van der Waals surface area contributed by atoms with Crippen LogP contribution in [-0.4, -0.2) is 58.6 Å². The van der Waals surface area contributed by atoms with Crippen LogP contribution in [0.25, 0.3) is 0 Å². The van der Waals surface area contributed by atoms with E-state index in [1.807, 2.05) is 30.3 Å². The summed E-state index contributed by atoms with van der Waals surface area (Å²) in [5.74, 6) is -4.86. The summed E-state index contributed by atoms with van der Waals surface area (Å²) in [7, 11) is 0. The molecule has 0 unspecified atom stereocenters. The summed E-state index contributed by atoms with van der Waals surface area (Å²) in [6.07, 6.45) is -3.71. The lowest BCUT2D eigenvalue weighted by Crippen LogP contribution is -2.47. The second-order valence-corrected chi connectivity index (χ2v) is 6.96. The van der Waals surface area contributed by atoms with Crippen molar-refractivity contribution >= 4 is 11.9 Å². The molecule has 0 aromatic heterocycles. The second-order valence-electron chi connectivity index (χ2n) is 6.96. The molecule has 0 spiro atoms. The minimum Gasteiger partial charge on any atom is -0.480 e. The molecule has 0 saturated carbocycles. The molecule has 142 valence electrons. The fourth-order valence-corrected chi connectivity index (χ4v) is 3.94. The van der Waals surface area contributed by atoms with Crippen molar-refractivity contribution in [3.05, 3.63) is 35.9 Å². The van der Waals surface area contributed by atoms with Crippen molar-refractivity contribution in [2.24, 2.45) is 11.8 Å².